The number of rotatable bonds is 3. The van der Waals surface area contributed by atoms with Crippen LogP contribution in [-0.2, 0) is 23.2 Å². The molecule has 2 aromatic rings. The average Bonchev–Trinajstić information content (AvgIpc) is 3.41. The lowest BCUT2D eigenvalue weighted by atomic mass is 9.93. The van der Waals surface area contributed by atoms with Crippen LogP contribution >= 0.6 is 11.3 Å². The summed E-state index contributed by atoms with van der Waals surface area (Å²) in [6, 6.07) is 0. The number of carbonyl (C=O) groups is 2. The van der Waals surface area contributed by atoms with Gasteiger partial charge in [-0.25, -0.2) is 9.78 Å². The van der Waals surface area contributed by atoms with Crippen LogP contribution in [0.1, 0.15) is 11.4 Å². The molecule has 9 nitrogen and oxygen atoms in total. The van der Waals surface area contributed by atoms with E-state index >= 15 is 0 Å². The van der Waals surface area contributed by atoms with Gasteiger partial charge in [-0.3, -0.25) is 19.3 Å². The van der Waals surface area contributed by atoms with Gasteiger partial charge in [0.25, 0.3) is 0 Å². The first-order valence-electron chi connectivity index (χ1n) is 9.41. The van der Waals surface area contributed by atoms with Gasteiger partial charge in [-0.05, 0) is 13.5 Å². The lowest BCUT2D eigenvalue weighted by molar-refractivity contribution is -0.192. The van der Waals surface area contributed by atoms with Crippen LogP contribution in [0.15, 0.2) is 24.0 Å². The van der Waals surface area contributed by atoms with Crippen molar-refractivity contribution in [2.24, 2.45) is 7.05 Å². The Morgan fingerprint density at radius 2 is 2.03 bits per heavy atom. The number of anilines is 1. The van der Waals surface area contributed by atoms with Crippen molar-refractivity contribution in [2.75, 3.05) is 38.1 Å². The van der Waals surface area contributed by atoms with Crippen molar-refractivity contribution in [3.05, 3.63) is 29.0 Å². The molecule has 2 aliphatic heterocycles. The Morgan fingerprint density at radius 3 is 2.58 bits per heavy atom. The fourth-order valence-electron chi connectivity index (χ4n) is 3.78. The number of hydrogen-bond donors (Lipinski definition) is 1. The molecule has 0 radical (unpaired) electrons. The molecule has 2 aromatic heterocycles. The first kappa shape index (κ1) is 23.2. The van der Waals surface area contributed by atoms with Gasteiger partial charge in [-0.1, -0.05) is 0 Å². The highest BCUT2D eigenvalue weighted by molar-refractivity contribution is 7.09. The van der Waals surface area contributed by atoms with Gasteiger partial charge < -0.3 is 10.0 Å². The maximum Gasteiger partial charge on any atom is 0.490 e. The van der Waals surface area contributed by atoms with E-state index in [-0.39, 0.29) is 11.4 Å². The Morgan fingerprint density at radius 1 is 1.32 bits per heavy atom. The molecule has 4 rings (SSSR count). The molecule has 4 heterocycles. The molecule has 2 aliphatic rings. The molecule has 1 amide bonds. The summed E-state index contributed by atoms with van der Waals surface area (Å²) in [5.41, 5.74) is 0.912. The van der Waals surface area contributed by atoms with Crippen LogP contribution in [0.25, 0.3) is 0 Å². The minimum absolute atomic E-state index is 0.0149. The number of carbonyl (C=O) groups excluding carboxylic acids is 1. The molecule has 1 N–H and O–H groups in total. The number of aliphatic carboxylic acids is 1. The number of carboxylic acid groups (broad SMARTS) is 1. The van der Waals surface area contributed by atoms with Crippen LogP contribution in [0.5, 0.6) is 0 Å². The minimum Gasteiger partial charge on any atom is -0.475 e. The highest BCUT2D eigenvalue weighted by atomic mass is 32.1. The van der Waals surface area contributed by atoms with Crippen molar-refractivity contribution in [3.63, 3.8) is 0 Å². The molecule has 1 spiro atoms. The van der Waals surface area contributed by atoms with Crippen LogP contribution in [-0.4, -0.2) is 86.5 Å². The lowest BCUT2D eigenvalue weighted by Gasteiger charge is -2.46. The molecule has 0 aromatic carbocycles. The minimum atomic E-state index is -5.08. The maximum atomic E-state index is 12.5. The van der Waals surface area contributed by atoms with Gasteiger partial charge in [0.05, 0.1) is 30.5 Å². The number of hydrogen-bond acceptors (Lipinski definition) is 7. The predicted molar refractivity (Wildman–Crippen MR) is 107 cm³/mol. The van der Waals surface area contributed by atoms with Crippen LogP contribution in [0.4, 0.5) is 18.9 Å². The number of aryl methyl sites for hydroxylation is 1. The first-order chi connectivity index (χ1) is 14.5. The van der Waals surface area contributed by atoms with E-state index in [1.807, 2.05) is 29.7 Å². The van der Waals surface area contributed by atoms with Gasteiger partial charge in [0.1, 0.15) is 5.01 Å². The summed E-state index contributed by atoms with van der Waals surface area (Å²) < 4.78 is 33.5. The fourth-order valence-corrected chi connectivity index (χ4v) is 4.44. The number of alkyl halides is 3. The summed E-state index contributed by atoms with van der Waals surface area (Å²) in [5, 5.41) is 14.5. The zero-order valence-electron chi connectivity index (χ0n) is 17.0. The van der Waals surface area contributed by atoms with E-state index in [0.29, 0.717) is 6.54 Å². The SMILES string of the molecule is CN1CC(=O)N(c2cnn(C)c2)CC12CCN(Cc1nccs1)C2.O=C(O)C(F)(F)F. The van der Waals surface area contributed by atoms with Crippen LogP contribution in [0, 0.1) is 0 Å². The van der Waals surface area contributed by atoms with Gasteiger partial charge in [0.2, 0.25) is 5.91 Å². The molecule has 0 aliphatic carbocycles. The van der Waals surface area contributed by atoms with E-state index in [1.165, 1.54) is 0 Å². The Labute approximate surface area is 180 Å². The number of thiazole rings is 1. The number of aromatic nitrogens is 3. The number of halogens is 3. The Bertz CT molecular complexity index is 919. The predicted octanol–water partition coefficient (Wildman–Crippen LogP) is 1.43. The zero-order chi connectivity index (χ0) is 22.8. The molecule has 1 unspecified atom stereocenters. The first-order valence-corrected chi connectivity index (χ1v) is 10.3. The molecule has 1 atom stereocenters. The van der Waals surface area contributed by atoms with Gasteiger partial charge in [-0.2, -0.15) is 18.3 Å². The van der Waals surface area contributed by atoms with E-state index in [0.717, 1.165) is 43.3 Å². The maximum absolute atomic E-state index is 12.5. The summed E-state index contributed by atoms with van der Waals surface area (Å²) in [5.74, 6) is -2.61. The van der Waals surface area contributed by atoms with Gasteiger partial charge in [0.15, 0.2) is 0 Å². The normalized spacial score (nSPS) is 22.6. The molecule has 2 fully saturated rings. The molecule has 170 valence electrons. The molecule has 0 bridgehead atoms. The zero-order valence-corrected chi connectivity index (χ0v) is 17.9. The molecule has 0 saturated carbocycles. The van der Waals surface area contributed by atoms with Crippen molar-refractivity contribution in [3.8, 4) is 0 Å². The molecule has 13 heteroatoms. The third-order valence-corrected chi connectivity index (χ3v) is 6.20. The highest BCUT2D eigenvalue weighted by Crippen LogP contribution is 2.34. The highest BCUT2D eigenvalue weighted by Gasteiger charge is 2.47. The average molecular weight is 460 g/mol. The number of likely N-dealkylation sites (tertiary alicyclic amines) is 1. The monoisotopic (exact) mass is 460 g/mol. The van der Waals surface area contributed by atoms with Crippen molar-refractivity contribution >= 4 is 28.9 Å². The molecular weight excluding hydrogens is 437 g/mol. The summed E-state index contributed by atoms with van der Waals surface area (Å²) in [4.78, 5) is 32.4. The van der Waals surface area contributed by atoms with E-state index in [9.17, 15) is 18.0 Å². The second-order valence-corrected chi connectivity index (χ2v) is 8.60. The van der Waals surface area contributed by atoms with E-state index in [4.69, 9.17) is 9.90 Å². The number of nitrogens with zero attached hydrogens (tertiary/aromatic N) is 6. The van der Waals surface area contributed by atoms with Gasteiger partial charge in [0, 0.05) is 44.5 Å². The smallest absolute Gasteiger partial charge is 0.475 e. The standard InChI is InChI=1S/C16H22N6OS.C2HF3O2/c1-19-10-15(23)22(13-7-18-20(2)8-13)12-16(19)3-5-21(11-16)9-14-17-4-6-24-14;3-2(4,5)1(6)7/h4,6-8H,3,5,9-12H2,1-2H3;(H,6,7). The van der Waals surface area contributed by atoms with E-state index in [1.54, 1.807) is 22.2 Å². The van der Waals surface area contributed by atoms with Gasteiger partial charge in [-0.15, -0.1) is 11.3 Å². The second-order valence-electron chi connectivity index (χ2n) is 7.62. The third kappa shape index (κ3) is 5.40. The largest absolute Gasteiger partial charge is 0.490 e. The summed E-state index contributed by atoms with van der Waals surface area (Å²) in [6.07, 6.45) is 1.54. The summed E-state index contributed by atoms with van der Waals surface area (Å²) in [7, 11) is 3.95. The summed E-state index contributed by atoms with van der Waals surface area (Å²) in [6.45, 7) is 4.09. The van der Waals surface area contributed by atoms with Gasteiger partial charge >= 0.3 is 12.1 Å². The van der Waals surface area contributed by atoms with Crippen LogP contribution in [0.3, 0.4) is 0 Å². The van der Waals surface area contributed by atoms with Crippen molar-refractivity contribution in [1.82, 2.24) is 24.6 Å². The number of carboxylic acids is 1. The number of likely N-dealkylation sites (N-methyl/N-ethyl adjacent to an activating group) is 1. The Kier molecular flexibility index (Phi) is 6.67. The Balaban J connectivity index is 0.000000339. The molecule has 31 heavy (non-hydrogen) atoms. The van der Waals surface area contributed by atoms with Crippen molar-refractivity contribution < 1.29 is 27.9 Å². The van der Waals surface area contributed by atoms with Crippen molar-refractivity contribution in [1.29, 1.82) is 0 Å². The molecule has 2 saturated heterocycles. The summed E-state index contributed by atoms with van der Waals surface area (Å²) >= 11 is 1.70. The number of amides is 1. The fraction of sp³-hybridized carbons (Fsp3) is 0.556. The Hall–Kier alpha value is -2.51. The molecular formula is C18H23F3N6O3S. The number of piperazine rings is 1. The topological polar surface area (TPSA) is 94.8 Å². The van der Waals surface area contributed by atoms with E-state index < -0.39 is 12.1 Å². The lowest BCUT2D eigenvalue weighted by Crippen LogP contribution is -2.64. The van der Waals surface area contributed by atoms with E-state index in [2.05, 4.69) is 26.9 Å². The van der Waals surface area contributed by atoms with Crippen molar-refractivity contribution in [2.45, 2.75) is 24.7 Å². The second kappa shape index (κ2) is 8.93. The van der Waals surface area contributed by atoms with Crippen LogP contribution in [0.2, 0.25) is 0 Å². The van der Waals surface area contributed by atoms with Crippen LogP contribution < -0.4 is 4.90 Å². The third-order valence-electron chi connectivity index (χ3n) is 5.43. The quantitative estimate of drug-likeness (QED) is 0.741.